The van der Waals surface area contributed by atoms with E-state index >= 15 is 0 Å². The highest BCUT2D eigenvalue weighted by atomic mass is 32.2. The van der Waals surface area contributed by atoms with Crippen molar-refractivity contribution in [2.75, 3.05) is 13.1 Å². The molecule has 30 heavy (non-hydrogen) atoms. The zero-order chi connectivity index (χ0) is 21.4. The Morgan fingerprint density at radius 2 is 1.70 bits per heavy atom. The van der Waals surface area contributed by atoms with Crippen molar-refractivity contribution in [3.05, 3.63) is 65.2 Å². The smallest absolute Gasteiger partial charge is 0.325 e. The van der Waals surface area contributed by atoms with Crippen LogP contribution in [0.4, 0.5) is 0 Å². The van der Waals surface area contributed by atoms with Crippen molar-refractivity contribution in [2.45, 2.75) is 43.6 Å². The highest BCUT2D eigenvalue weighted by molar-refractivity contribution is 7.89. The van der Waals surface area contributed by atoms with Gasteiger partial charge in [-0.25, -0.2) is 13.1 Å². The lowest BCUT2D eigenvalue weighted by Crippen LogP contribution is -2.34. The topological polar surface area (TPSA) is 102 Å². The summed E-state index contributed by atoms with van der Waals surface area (Å²) < 4.78 is 32.5. The maximum absolute atomic E-state index is 12.5. The Morgan fingerprint density at radius 1 is 0.967 bits per heavy atom. The zero-order valence-corrected chi connectivity index (χ0v) is 17.5. The number of hydrogen-bond donors (Lipinski definition) is 2. The van der Waals surface area contributed by atoms with Crippen LogP contribution in [0, 0.1) is 0 Å². The summed E-state index contributed by atoms with van der Waals surface area (Å²) in [6.07, 6.45) is 4.00. The van der Waals surface area contributed by atoms with E-state index in [2.05, 4.69) is 10.0 Å². The first kappa shape index (κ1) is 22.0. The highest BCUT2D eigenvalue weighted by Gasteiger charge is 2.18. The molecule has 8 heteroatoms. The van der Waals surface area contributed by atoms with Gasteiger partial charge in [0.2, 0.25) is 15.9 Å². The molecule has 1 aliphatic carbocycles. The molecule has 0 saturated carbocycles. The first-order valence-electron chi connectivity index (χ1n) is 10.0. The summed E-state index contributed by atoms with van der Waals surface area (Å²) in [7, 11) is -3.68. The van der Waals surface area contributed by atoms with Crippen LogP contribution in [0.2, 0.25) is 0 Å². The Kier molecular flexibility index (Phi) is 7.59. The molecule has 1 amide bonds. The lowest BCUT2D eigenvalue weighted by Gasteiger charge is -2.16. The molecule has 0 bridgehead atoms. The van der Waals surface area contributed by atoms with E-state index in [4.69, 9.17) is 4.74 Å². The number of carbonyl (C=O) groups excluding carboxylic acids is 2. The predicted octanol–water partition coefficient (Wildman–Crippen LogP) is 2.09. The quantitative estimate of drug-likeness (QED) is 0.593. The molecule has 0 heterocycles. The average molecular weight is 431 g/mol. The van der Waals surface area contributed by atoms with E-state index in [9.17, 15) is 18.0 Å². The minimum absolute atomic E-state index is 0.0513. The number of hydrogen-bond acceptors (Lipinski definition) is 5. The van der Waals surface area contributed by atoms with Crippen molar-refractivity contribution in [3.63, 3.8) is 0 Å². The summed E-state index contributed by atoms with van der Waals surface area (Å²) in [6.45, 7) is -0.177. The zero-order valence-electron chi connectivity index (χ0n) is 16.7. The fourth-order valence-electron chi connectivity index (χ4n) is 3.31. The maximum Gasteiger partial charge on any atom is 0.325 e. The van der Waals surface area contributed by atoms with Crippen LogP contribution in [0.25, 0.3) is 0 Å². The summed E-state index contributed by atoms with van der Waals surface area (Å²) in [5.74, 6) is -0.985. The van der Waals surface area contributed by atoms with E-state index < -0.39 is 21.9 Å². The summed E-state index contributed by atoms with van der Waals surface area (Å²) in [6, 6.07) is 14.4. The van der Waals surface area contributed by atoms with Crippen molar-refractivity contribution < 1.29 is 22.7 Å². The van der Waals surface area contributed by atoms with Crippen LogP contribution in [-0.4, -0.2) is 33.4 Å². The largest absolute Gasteiger partial charge is 0.460 e. The average Bonchev–Trinajstić information content (AvgIpc) is 2.76. The third kappa shape index (κ3) is 6.40. The third-order valence-corrected chi connectivity index (χ3v) is 6.41. The van der Waals surface area contributed by atoms with Crippen LogP contribution < -0.4 is 10.0 Å². The van der Waals surface area contributed by atoms with E-state index in [1.807, 2.05) is 36.4 Å². The van der Waals surface area contributed by atoms with Gasteiger partial charge in [-0.2, -0.15) is 0 Å². The Morgan fingerprint density at radius 3 is 2.47 bits per heavy atom. The van der Waals surface area contributed by atoms with E-state index in [-0.39, 0.29) is 31.0 Å². The summed E-state index contributed by atoms with van der Waals surface area (Å²) in [4.78, 5) is 23.8. The number of ether oxygens (including phenoxy) is 1. The summed E-state index contributed by atoms with van der Waals surface area (Å²) >= 11 is 0. The lowest BCUT2D eigenvalue weighted by molar-refractivity contribution is -0.145. The monoisotopic (exact) mass is 430 g/mol. The van der Waals surface area contributed by atoms with Crippen LogP contribution in [-0.2, 0) is 43.8 Å². The molecule has 0 spiro atoms. The van der Waals surface area contributed by atoms with Crippen LogP contribution in [0.5, 0.6) is 0 Å². The SMILES string of the molecule is O=C(CCNS(=O)(=O)c1ccc2c(c1)CCCC2)NCC(=O)OCc1ccccc1. The van der Waals surface area contributed by atoms with E-state index in [0.29, 0.717) is 0 Å². The first-order valence-corrected chi connectivity index (χ1v) is 11.5. The Bertz CT molecular complexity index is 990. The van der Waals surface area contributed by atoms with Gasteiger partial charge in [0.05, 0.1) is 4.90 Å². The molecule has 3 rings (SSSR count). The second-order valence-electron chi connectivity index (χ2n) is 7.21. The van der Waals surface area contributed by atoms with Gasteiger partial charge in [-0.3, -0.25) is 9.59 Å². The second kappa shape index (κ2) is 10.4. The molecule has 0 radical (unpaired) electrons. The number of sulfonamides is 1. The van der Waals surface area contributed by atoms with Gasteiger partial charge in [0.25, 0.3) is 0 Å². The molecule has 0 aromatic heterocycles. The van der Waals surface area contributed by atoms with E-state index in [1.165, 1.54) is 5.56 Å². The minimum atomic E-state index is -3.68. The molecule has 0 aliphatic heterocycles. The standard InChI is InChI=1S/C22H26N2O5S/c25-21(23-15-22(26)29-16-17-6-2-1-3-7-17)12-13-24-30(27,28)20-11-10-18-8-4-5-9-19(18)14-20/h1-3,6-7,10-11,14,24H,4-5,8-9,12-13,15-16H2,(H,23,25). The highest BCUT2D eigenvalue weighted by Crippen LogP contribution is 2.23. The van der Waals surface area contributed by atoms with Crippen LogP contribution >= 0.6 is 0 Å². The molecule has 0 saturated heterocycles. The molecule has 7 nitrogen and oxygen atoms in total. The van der Waals surface area contributed by atoms with Crippen molar-refractivity contribution in [3.8, 4) is 0 Å². The number of aryl methyl sites for hydroxylation is 2. The molecule has 0 unspecified atom stereocenters. The number of rotatable bonds is 9. The molecule has 2 aromatic carbocycles. The minimum Gasteiger partial charge on any atom is -0.460 e. The van der Waals surface area contributed by atoms with Gasteiger partial charge in [-0.05, 0) is 54.5 Å². The van der Waals surface area contributed by atoms with Gasteiger partial charge in [-0.1, -0.05) is 36.4 Å². The van der Waals surface area contributed by atoms with E-state index in [1.54, 1.807) is 12.1 Å². The molecule has 1 aliphatic rings. The number of amides is 1. The number of carbonyl (C=O) groups is 2. The van der Waals surface area contributed by atoms with Gasteiger partial charge < -0.3 is 10.1 Å². The second-order valence-corrected chi connectivity index (χ2v) is 8.98. The number of fused-ring (bicyclic) bond motifs is 1. The van der Waals surface area contributed by atoms with Crippen LogP contribution in [0.3, 0.4) is 0 Å². The first-order chi connectivity index (χ1) is 14.4. The predicted molar refractivity (Wildman–Crippen MR) is 112 cm³/mol. The molecule has 2 N–H and O–H groups in total. The molecular formula is C22H26N2O5S. The Hall–Kier alpha value is -2.71. The van der Waals surface area contributed by atoms with Gasteiger partial charge in [0.15, 0.2) is 0 Å². The van der Waals surface area contributed by atoms with Gasteiger partial charge in [-0.15, -0.1) is 0 Å². The number of benzene rings is 2. The summed E-state index contributed by atoms with van der Waals surface area (Å²) in [5, 5.41) is 2.44. The van der Waals surface area contributed by atoms with Crippen molar-refractivity contribution in [1.82, 2.24) is 10.0 Å². The van der Waals surface area contributed by atoms with Gasteiger partial charge in [0.1, 0.15) is 13.2 Å². The Balaban J connectivity index is 1.39. The van der Waals surface area contributed by atoms with Crippen molar-refractivity contribution in [2.24, 2.45) is 0 Å². The molecule has 2 aromatic rings. The normalized spacial score (nSPS) is 13.3. The van der Waals surface area contributed by atoms with Crippen molar-refractivity contribution >= 4 is 21.9 Å². The lowest BCUT2D eigenvalue weighted by atomic mass is 9.92. The van der Waals surface area contributed by atoms with Gasteiger partial charge in [0, 0.05) is 13.0 Å². The fraction of sp³-hybridized carbons (Fsp3) is 0.364. The maximum atomic E-state index is 12.5. The molecular weight excluding hydrogens is 404 g/mol. The number of esters is 1. The molecule has 0 fully saturated rings. The van der Waals surface area contributed by atoms with Gasteiger partial charge >= 0.3 is 5.97 Å². The van der Waals surface area contributed by atoms with E-state index in [0.717, 1.165) is 36.8 Å². The molecule has 160 valence electrons. The van der Waals surface area contributed by atoms with Crippen LogP contribution in [0.1, 0.15) is 36.0 Å². The third-order valence-electron chi connectivity index (χ3n) is 4.95. The van der Waals surface area contributed by atoms with Crippen LogP contribution in [0.15, 0.2) is 53.4 Å². The summed E-state index contributed by atoms with van der Waals surface area (Å²) in [5.41, 5.74) is 3.14. The fourth-order valence-corrected chi connectivity index (χ4v) is 4.39. The molecule has 0 atom stereocenters. The van der Waals surface area contributed by atoms with Crippen molar-refractivity contribution in [1.29, 1.82) is 0 Å². The Labute approximate surface area is 176 Å². The number of nitrogens with one attached hydrogen (secondary N) is 2.